The van der Waals surface area contributed by atoms with Gasteiger partial charge in [-0.1, -0.05) is 30.7 Å². The third-order valence-corrected chi connectivity index (χ3v) is 3.89. The molecule has 0 N–H and O–H groups in total. The highest BCUT2D eigenvalue weighted by atomic mass is 16.2. The van der Waals surface area contributed by atoms with Gasteiger partial charge < -0.3 is 4.90 Å². The molecule has 1 aromatic rings. The predicted molar refractivity (Wildman–Crippen MR) is 75.2 cm³/mol. The van der Waals surface area contributed by atoms with Crippen LogP contribution in [0.3, 0.4) is 0 Å². The van der Waals surface area contributed by atoms with Crippen molar-refractivity contribution in [2.45, 2.75) is 33.6 Å². The van der Waals surface area contributed by atoms with Crippen molar-refractivity contribution < 1.29 is 9.59 Å². The molecular formula is C16H21NO2. The van der Waals surface area contributed by atoms with Gasteiger partial charge in [0.15, 0.2) is 0 Å². The molecule has 1 saturated heterocycles. The number of amides is 1. The summed E-state index contributed by atoms with van der Waals surface area (Å²) in [5.41, 5.74) is 2.52. The number of nitrogens with zero attached hydrogens (tertiary/aromatic N) is 1. The van der Waals surface area contributed by atoms with Crippen LogP contribution in [0.4, 0.5) is 0 Å². The smallest absolute Gasteiger partial charge is 0.294 e. The molecular weight excluding hydrogens is 238 g/mol. The van der Waals surface area contributed by atoms with Gasteiger partial charge in [0, 0.05) is 18.7 Å². The Morgan fingerprint density at radius 3 is 2.37 bits per heavy atom. The average molecular weight is 259 g/mol. The number of hydrogen-bond acceptors (Lipinski definition) is 2. The number of rotatable bonds is 2. The van der Waals surface area contributed by atoms with E-state index in [2.05, 4.69) is 6.92 Å². The monoisotopic (exact) mass is 259 g/mol. The Morgan fingerprint density at radius 1 is 1.16 bits per heavy atom. The second kappa shape index (κ2) is 5.55. The van der Waals surface area contributed by atoms with Crippen LogP contribution < -0.4 is 0 Å². The van der Waals surface area contributed by atoms with Crippen molar-refractivity contribution in [2.24, 2.45) is 5.92 Å². The molecule has 1 heterocycles. The number of piperidine rings is 1. The average Bonchev–Trinajstić information content (AvgIpc) is 2.38. The van der Waals surface area contributed by atoms with Crippen molar-refractivity contribution in [1.29, 1.82) is 0 Å². The largest absolute Gasteiger partial charge is 0.336 e. The van der Waals surface area contributed by atoms with E-state index in [4.69, 9.17) is 0 Å². The van der Waals surface area contributed by atoms with Gasteiger partial charge in [0.05, 0.1) is 0 Å². The summed E-state index contributed by atoms with van der Waals surface area (Å²) >= 11 is 0. The molecule has 19 heavy (non-hydrogen) atoms. The van der Waals surface area contributed by atoms with Gasteiger partial charge in [-0.2, -0.15) is 0 Å². The van der Waals surface area contributed by atoms with Crippen molar-refractivity contribution in [1.82, 2.24) is 4.90 Å². The highest BCUT2D eigenvalue weighted by Gasteiger charge is 2.27. The van der Waals surface area contributed by atoms with Crippen LogP contribution in [0.1, 0.15) is 41.3 Å². The Labute approximate surface area is 114 Å². The van der Waals surface area contributed by atoms with Crippen molar-refractivity contribution in [2.75, 3.05) is 13.1 Å². The molecule has 0 aromatic heterocycles. The number of carbonyl (C=O) groups excluding carboxylic acids is 2. The molecule has 1 aliphatic rings. The fourth-order valence-corrected chi connectivity index (χ4v) is 2.54. The molecule has 0 bridgehead atoms. The molecule has 0 aliphatic carbocycles. The third-order valence-electron chi connectivity index (χ3n) is 3.89. The van der Waals surface area contributed by atoms with Gasteiger partial charge in [-0.3, -0.25) is 9.59 Å². The Hall–Kier alpha value is -1.64. The fourth-order valence-electron chi connectivity index (χ4n) is 2.54. The molecule has 1 amide bonds. The minimum absolute atomic E-state index is 0.348. The molecule has 0 spiro atoms. The first-order valence-electron chi connectivity index (χ1n) is 6.90. The fraction of sp³-hybridized carbons (Fsp3) is 0.500. The number of ketones is 1. The Kier molecular flexibility index (Phi) is 4.03. The second-order valence-corrected chi connectivity index (χ2v) is 5.62. The van der Waals surface area contributed by atoms with Crippen molar-refractivity contribution in [3.63, 3.8) is 0 Å². The van der Waals surface area contributed by atoms with E-state index in [0.717, 1.165) is 24.0 Å². The van der Waals surface area contributed by atoms with Gasteiger partial charge in [-0.05, 0) is 38.2 Å². The van der Waals surface area contributed by atoms with Crippen LogP contribution in [0.15, 0.2) is 18.2 Å². The standard InChI is InChI=1S/C16H21NO2/c1-11-6-8-17(9-7-11)16(19)15(18)14-5-4-12(2)10-13(14)3/h4-5,10-11H,6-9H2,1-3H3. The van der Waals surface area contributed by atoms with E-state index >= 15 is 0 Å². The highest BCUT2D eigenvalue weighted by Crippen LogP contribution is 2.18. The molecule has 0 saturated carbocycles. The summed E-state index contributed by atoms with van der Waals surface area (Å²) in [5.74, 6) is -0.0637. The molecule has 0 unspecified atom stereocenters. The third kappa shape index (κ3) is 3.03. The Bertz CT molecular complexity index is 499. The van der Waals surface area contributed by atoms with E-state index in [1.165, 1.54) is 0 Å². The van der Waals surface area contributed by atoms with Crippen molar-refractivity contribution in [3.8, 4) is 0 Å². The minimum Gasteiger partial charge on any atom is -0.336 e. The topological polar surface area (TPSA) is 37.4 Å². The summed E-state index contributed by atoms with van der Waals surface area (Å²) in [6.45, 7) is 7.46. The zero-order chi connectivity index (χ0) is 14.0. The van der Waals surface area contributed by atoms with Crippen LogP contribution in [-0.2, 0) is 4.79 Å². The summed E-state index contributed by atoms with van der Waals surface area (Å²) < 4.78 is 0. The summed E-state index contributed by atoms with van der Waals surface area (Å²) in [5, 5.41) is 0. The first-order chi connectivity index (χ1) is 8.99. The van der Waals surface area contributed by atoms with Gasteiger partial charge >= 0.3 is 0 Å². The number of hydrogen-bond donors (Lipinski definition) is 0. The van der Waals surface area contributed by atoms with Crippen LogP contribution >= 0.6 is 0 Å². The van der Waals surface area contributed by atoms with Crippen LogP contribution in [0, 0.1) is 19.8 Å². The van der Waals surface area contributed by atoms with Crippen molar-refractivity contribution >= 4 is 11.7 Å². The lowest BCUT2D eigenvalue weighted by molar-refractivity contribution is -0.127. The molecule has 0 atom stereocenters. The maximum absolute atomic E-state index is 12.3. The molecule has 3 heteroatoms. The van der Waals surface area contributed by atoms with Gasteiger partial charge in [0.1, 0.15) is 0 Å². The molecule has 1 aromatic carbocycles. The minimum atomic E-state index is -0.368. The summed E-state index contributed by atoms with van der Waals surface area (Å²) in [6.07, 6.45) is 1.98. The SMILES string of the molecule is Cc1ccc(C(=O)C(=O)N2CCC(C)CC2)c(C)c1. The zero-order valence-corrected chi connectivity index (χ0v) is 11.9. The maximum atomic E-state index is 12.3. The molecule has 3 nitrogen and oxygen atoms in total. The number of Topliss-reactive ketones (excluding diaryl/α,β-unsaturated/α-hetero) is 1. The molecule has 0 radical (unpaired) electrons. The van der Waals surface area contributed by atoms with Crippen LogP contribution in [-0.4, -0.2) is 29.7 Å². The van der Waals surface area contributed by atoms with Crippen LogP contribution in [0.5, 0.6) is 0 Å². The Morgan fingerprint density at radius 2 is 1.79 bits per heavy atom. The molecule has 1 fully saturated rings. The number of aryl methyl sites for hydroxylation is 2. The van der Waals surface area contributed by atoms with E-state index in [1.54, 1.807) is 11.0 Å². The predicted octanol–water partition coefficient (Wildman–Crippen LogP) is 2.74. The number of benzene rings is 1. The number of carbonyl (C=O) groups is 2. The normalized spacial score (nSPS) is 16.5. The van der Waals surface area contributed by atoms with E-state index in [1.807, 2.05) is 26.0 Å². The van der Waals surface area contributed by atoms with Crippen LogP contribution in [0.25, 0.3) is 0 Å². The lowest BCUT2D eigenvalue weighted by atomic mass is 9.97. The summed E-state index contributed by atoms with van der Waals surface area (Å²) in [4.78, 5) is 26.2. The van der Waals surface area contributed by atoms with E-state index in [-0.39, 0.29) is 11.7 Å². The van der Waals surface area contributed by atoms with Gasteiger partial charge in [-0.15, -0.1) is 0 Å². The summed E-state index contributed by atoms with van der Waals surface area (Å²) in [7, 11) is 0. The van der Waals surface area contributed by atoms with E-state index < -0.39 is 0 Å². The maximum Gasteiger partial charge on any atom is 0.294 e. The molecule has 2 rings (SSSR count). The van der Waals surface area contributed by atoms with Crippen LogP contribution in [0.2, 0.25) is 0 Å². The molecule has 102 valence electrons. The van der Waals surface area contributed by atoms with Gasteiger partial charge in [0.2, 0.25) is 0 Å². The van der Waals surface area contributed by atoms with E-state index in [0.29, 0.717) is 24.6 Å². The zero-order valence-electron chi connectivity index (χ0n) is 11.9. The lowest BCUT2D eigenvalue weighted by Crippen LogP contribution is -2.41. The highest BCUT2D eigenvalue weighted by molar-refractivity contribution is 6.43. The first kappa shape index (κ1) is 13.8. The number of likely N-dealkylation sites (tertiary alicyclic amines) is 1. The molecule has 1 aliphatic heterocycles. The van der Waals surface area contributed by atoms with Gasteiger partial charge in [-0.25, -0.2) is 0 Å². The Balaban J connectivity index is 2.13. The van der Waals surface area contributed by atoms with Gasteiger partial charge in [0.25, 0.3) is 11.7 Å². The van der Waals surface area contributed by atoms with E-state index in [9.17, 15) is 9.59 Å². The second-order valence-electron chi connectivity index (χ2n) is 5.62. The quantitative estimate of drug-likeness (QED) is 0.605. The summed E-state index contributed by atoms with van der Waals surface area (Å²) in [6, 6.07) is 5.59. The lowest BCUT2D eigenvalue weighted by Gasteiger charge is -2.29. The first-order valence-corrected chi connectivity index (χ1v) is 6.90. The van der Waals surface area contributed by atoms with Crippen molar-refractivity contribution in [3.05, 3.63) is 34.9 Å².